The van der Waals surface area contributed by atoms with Crippen LogP contribution in [0.25, 0.3) is 0 Å². The van der Waals surface area contributed by atoms with Crippen LogP contribution in [0.15, 0.2) is 23.1 Å². The molecule has 4 heteroatoms. The molecule has 0 amide bonds. The molecule has 0 saturated heterocycles. The first-order valence-electron chi connectivity index (χ1n) is 4.34. The van der Waals surface area contributed by atoms with Crippen molar-refractivity contribution in [2.45, 2.75) is 11.8 Å². The van der Waals surface area contributed by atoms with Gasteiger partial charge in [-0.25, -0.2) is 0 Å². The molecule has 0 radical (unpaired) electrons. The number of hydrogen-bond donors (Lipinski definition) is 0. The van der Waals surface area contributed by atoms with E-state index in [0.717, 1.165) is 0 Å². The lowest BCUT2D eigenvalue weighted by Gasteiger charge is -2.11. The molecule has 0 fully saturated rings. The Morgan fingerprint density at radius 3 is 2.07 bits per heavy atom. The van der Waals surface area contributed by atoms with Crippen molar-refractivity contribution >= 4 is 10.8 Å². The van der Waals surface area contributed by atoms with Crippen molar-refractivity contribution in [1.29, 1.82) is 0 Å². The van der Waals surface area contributed by atoms with Gasteiger partial charge in [0, 0.05) is 5.75 Å². The average molecular weight is 214 g/mol. The van der Waals surface area contributed by atoms with Crippen LogP contribution in [0.2, 0.25) is 0 Å². The molecule has 1 rings (SSSR count). The minimum atomic E-state index is -1.06. The Kier molecular flexibility index (Phi) is 3.95. The summed E-state index contributed by atoms with van der Waals surface area (Å²) in [4.78, 5) is 0.639. The fourth-order valence-corrected chi connectivity index (χ4v) is 2.23. The van der Waals surface area contributed by atoms with E-state index in [0.29, 0.717) is 22.1 Å². The van der Waals surface area contributed by atoms with Crippen molar-refractivity contribution < 1.29 is 13.7 Å². The van der Waals surface area contributed by atoms with Crippen LogP contribution >= 0.6 is 0 Å². The van der Waals surface area contributed by atoms with Gasteiger partial charge in [-0.15, -0.1) is 0 Å². The van der Waals surface area contributed by atoms with Gasteiger partial charge in [-0.3, -0.25) is 4.21 Å². The van der Waals surface area contributed by atoms with Crippen LogP contribution in [-0.4, -0.2) is 24.2 Å². The quantitative estimate of drug-likeness (QED) is 0.767. The van der Waals surface area contributed by atoms with Gasteiger partial charge in [-0.1, -0.05) is 13.0 Å². The van der Waals surface area contributed by atoms with Crippen LogP contribution in [0.4, 0.5) is 0 Å². The first kappa shape index (κ1) is 11.0. The molecule has 1 aromatic carbocycles. The molecule has 1 unspecified atom stereocenters. The molecule has 0 aliphatic rings. The van der Waals surface area contributed by atoms with Crippen LogP contribution in [0, 0.1) is 0 Å². The van der Waals surface area contributed by atoms with Crippen LogP contribution < -0.4 is 9.47 Å². The maximum absolute atomic E-state index is 11.7. The van der Waals surface area contributed by atoms with Crippen LogP contribution in [0.1, 0.15) is 6.92 Å². The van der Waals surface area contributed by atoms with E-state index >= 15 is 0 Å². The minimum absolute atomic E-state index is 0.552. The van der Waals surface area contributed by atoms with Gasteiger partial charge in [-0.2, -0.15) is 0 Å². The lowest BCUT2D eigenvalue weighted by Crippen LogP contribution is -2.01. The summed E-state index contributed by atoms with van der Waals surface area (Å²) in [7, 11) is 2.06. The standard InChI is InChI=1S/C10H14O3S/c1-4-14(11)10-8(12-2)6-5-7-9(10)13-3/h5-7H,4H2,1-3H3. The van der Waals surface area contributed by atoms with Crippen molar-refractivity contribution in [3.8, 4) is 11.5 Å². The van der Waals surface area contributed by atoms with Gasteiger partial charge in [0.1, 0.15) is 16.4 Å². The number of hydrogen-bond acceptors (Lipinski definition) is 3. The predicted molar refractivity (Wildman–Crippen MR) is 56.5 cm³/mol. The summed E-state index contributed by atoms with van der Waals surface area (Å²) < 4.78 is 22.0. The van der Waals surface area contributed by atoms with E-state index < -0.39 is 10.8 Å². The van der Waals surface area contributed by atoms with Crippen LogP contribution in [-0.2, 0) is 10.8 Å². The predicted octanol–water partition coefficient (Wildman–Crippen LogP) is 1.83. The summed E-state index contributed by atoms with van der Waals surface area (Å²) in [5.41, 5.74) is 0. The van der Waals surface area contributed by atoms with Crippen LogP contribution in [0.5, 0.6) is 11.5 Å². The highest BCUT2D eigenvalue weighted by molar-refractivity contribution is 7.85. The molecule has 0 aliphatic heterocycles. The number of benzene rings is 1. The zero-order chi connectivity index (χ0) is 10.6. The molecule has 0 heterocycles. The molecule has 0 saturated carbocycles. The van der Waals surface area contributed by atoms with Gasteiger partial charge in [0.15, 0.2) is 0 Å². The Balaban J connectivity index is 3.25. The van der Waals surface area contributed by atoms with Crippen LogP contribution in [0.3, 0.4) is 0 Å². The second-order valence-electron chi connectivity index (χ2n) is 2.63. The van der Waals surface area contributed by atoms with E-state index in [4.69, 9.17) is 9.47 Å². The van der Waals surface area contributed by atoms with Gasteiger partial charge in [0.25, 0.3) is 0 Å². The minimum Gasteiger partial charge on any atom is -0.495 e. The summed E-state index contributed by atoms with van der Waals surface area (Å²) >= 11 is 0. The lowest BCUT2D eigenvalue weighted by atomic mass is 10.3. The lowest BCUT2D eigenvalue weighted by molar-refractivity contribution is 0.375. The Hall–Kier alpha value is -1.03. The highest BCUT2D eigenvalue weighted by Gasteiger charge is 2.14. The van der Waals surface area contributed by atoms with Gasteiger partial charge in [-0.05, 0) is 12.1 Å². The van der Waals surface area contributed by atoms with Crippen molar-refractivity contribution in [2.24, 2.45) is 0 Å². The summed E-state index contributed by atoms with van der Waals surface area (Å²) in [6.45, 7) is 1.86. The van der Waals surface area contributed by atoms with Crippen molar-refractivity contribution in [3.63, 3.8) is 0 Å². The zero-order valence-electron chi connectivity index (χ0n) is 8.57. The zero-order valence-corrected chi connectivity index (χ0v) is 9.39. The molecule has 0 aromatic heterocycles. The monoisotopic (exact) mass is 214 g/mol. The van der Waals surface area contributed by atoms with E-state index in [1.54, 1.807) is 26.4 Å². The highest BCUT2D eigenvalue weighted by Crippen LogP contribution is 2.31. The molecular formula is C10H14O3S. The van der Waals surface area contributed by atoms with Crippen molar-refractivity contribution in [1.82, 2.24) is 0 Å². The summed E-state index contributed by atoms with van der Waals surface area (Å²) in [6, 6.07) is 5.38. The fourth-order valence-electron chi connectivity index (χ4n) is 1.19. The first-order chi connectivity index (χ1) is 6.74. The van der Waals surface area contributed by atoms with Crippen molar-refractivity contribution in [3.05, 3.63) is 18.2 Å². The summed E-state index contributed by atoms with van der Waals surface area (Å²) in [5, 5.41) is 0. The molecule has 3 nitrogen and oxygen atoms in total. The Bertz CT molecular complexity index is 314. The third-order valence-electron chi connectivity index (χ3n) is 1.87. The maximum Gasteiger partial charge on any atom is 0.138 e. The first-order valence-corrected chi connectivity index (χ1v) is 5.65. The molecule has 0 bridgehead atoms. The molecule has 78 valence electrons. The van der Waals surface area contributed by atoms with E-state index in [2.05, 4.69) is 0 Å². The third kappa shape index (κ3) is 2.07. The number of ether oxygens (including phenoxy) is 2. The normalized spacial score (nSPS) is 12.2. The SMILES string of the molecule is CCS(=O)c1c(OC)cccc1OC. The number of rotatable bonds is 4. The maximum atomic E-state index is 11.7. The molecule has 14 heavy (non-hydrogen) atoms. The smallest absolute Gasteiger partial charge is 0.138 e. The molecule has 1 aromatic rings. The van der Waals surface area contributed by atoms with E-state index in [9.17, 15) is 4.21 Å². The van der Waals surface area contributed by atoms with Gasteiger partial charge in [0.05, 0.1) is 25.0 Å². The Labute approximate surface area is 86.5 Å². The summed E-state index contributed by atoms with van der Waals surface area (Å²) in [5.74, 6) is 1.78. The van der Waals surface area contributed by atoms with E-state index in [-0.39, 0.29) is 0 Å². The Morgan fingerprint density at radius 1 is 1.21 bits per heavy atom. The fraction of sp³-hybridized carbons (Fsp3) is 0.400. The van der Waals surface area contributed by atoms with Crippen molar-refractivity contribution in [2.75, 3.05) is 20.0 Å². The molecule has 0 N–H and O–H groups in total. The topological polar surface area (TPSA) is 35.5 Å². The average Bonchev–Trinajstić information content (AvgIpc) is 2.26. The molecule has 0 aliphatic carbocycles. The molecule has 0 spiro atoms. The highest BCUT2D eigenvalue weighted by atomic mass is 32.2. The molecule has 1 atom stereocenters. The third-order valence-corrected chi connectivity index (χ3v) is 3.25. The summed E-state index contributed by atoms with van der Waals surface area (Å²) in [6.07, 6.45) is 0. The molecular weight excluding hydrogens is 200 g/mol. The second kappa shape index (κ2) is 5.00. The van der Waals surface area contributed by atoms with Gasteiger partial charge < -0.3 is 9.47 Å². The Morgan fingerprint density at radius 2 is 1.71 bits per heavy atom. The number of methoxy groups -OCH3 is 2. The largest absolute Gasteiger partial charge is 0.495 e. The van der Waals surface area contributed by atoms with Gasteiger partial charge in [0.2, 0.25) is 0 Å². The second-order valence-corrected chi connectivity index (χ2v) is 4.30. The van der Waals surface area contributed by atoms with Gasteiger partial charge >= 0.3 is 0 Å². The van der Waals surface area contributed by atoms with E-state index in [1.807, 2.05) is 13.0 Å². The van der Waals surface area contributed by atoms with E-state index in [1.165, 1.54) is 0 Å².